The van der Waals surface area contributed by atoms with Crippen LogP contribution >= 0.6 is 0 Å². The summed E-state index contributed by atoms with van der Waals surface area (Å²) in [4.78, 5) is 0. The molecular formula is C10H16N6O. The van der Waals surface area contributed by atoms with E-state index in [9.17, 15) is 0 Å². The summed E-state index contributed by atoms with van der Waals surface area (Å²) in [5.41, 5.74) is 7.05. The van der Waals surface area contributed by atoms with Crippen LogP contribution in [0, 0.1) is 0 Å². The molecular weight excluding hydrogens is 220 g/mol. The van der Waals surface area contributed by atoms with Crippen molar-refractivity contribution in [2.75, 3.05) is 13.7 Å². The molecule has 0 aliphatic carbocycles. The molecule has 1 unspecified atom stereocenters. The summed E-state index contributed by atoms with van der Waals surface area (Å²) in [7, 11) is 3.51. The average Bonchev–Trinajstić information content (AvgIpc) is 2.94. The summed E-state index contributed by atoms with van der Waals surface area (Å²) in [6, 6.07) is -0.317. The monoisotopic (exact) mass is 236 g/mol. The third-order valence-electron chi connectivity index (χ3n) is 2.54. The molecule has 2 heterocycles. The SMILES string of the molecule is COCCn1cnnc1C(N)c1cnn(C)c1. The van der Waals surface area contributed by atoms with Crippen LogP contribution in [0.15, 0.2) is 18.7 Å². The van der Waals surface area contributed by atoms with Crippen molar-refractivity contribution >= 4 is 0 Å². The number of nitrogens with zero attached hydrogens (tertiary/aromatic N) is 5. The Bertz CT molecular complexity index is 477. The van der Waals surface area contributed by atoms with Crippen molar-refractivity contribution in [2.45, 2.75) is 12.6 Å². The summed E-state index contributed by atoms with van der Waals surface area (Å²) in [6.45, 7) is 1.29. The molecule has 17 heavy (non-hydrogen) atoms. The highest BCUT2D eigenvalue weighted by Gasteiger charge is 2.16. The van der Waals surface area contributed by atoms with Gasteiger partial charge in [0.05, 0.1) is 18.8 Å². The molecule has 2 N–H and O–H groups in total. The Labute approximate surface area is 99.2 Å². The highest BCUT2D eigenvalue weighted by atomic mass is 16.5. The predicted octanol–water partition coefficient (Wildman–Crippen LogP) is -0.294. The van der Waals surface area contributed by atoms with Crippen LogP contribution in [0.5, 0.6) is 0 Å². The van der Waals surface area contributed by atoms with Crippen LogP contribution in [-0.2, 0) is 18.3 Å². The number of rotatable bonds is 5. The van der Waals surface area contributed by atoms with E-state index in [1.807, 2.05) is 17.8 Å². The Morgan fingerprint density at radius 1 is 1.53 bits per heavy atom. The van der Waals surface area contributed by atoms with E-state index in [0.29, 0.717) is 13.2 Å². The zero-order valence-corrected chi connectivity index (χ0v) is 9.95. The minimum absolute atomic E-state index is 0.317. The molecule has 0 spiro atoms. The molecule has 1 atom stereocenters. The smallest absolute Gasteiger partial charge is 0.154 e. The third-order valence-corrected chi connectivity index (χ3v) is 2.54. The summed E-state index contributed by atoms with van der Waals surface area (Å²) < 4.78 is 8.63. The predicted molar refractivity (Wildman–Crippen MR) is 61.1 cm³/mol. The first-order valence-corrected chi connectivity index (χ1v) is 5.33. The van der Waals surface area contributed by atoms with Crippen LogP contribution in [-0.4, -0.2) is 38.3 Å². The van der Waals surface area contributed by atoms with Crippen LogP contribution < -0.4 is 5.73 Å². The number of methoxy groups -OCH3 is 1. The summed E-state index contributed by atoms with van der Waals surface area (Å²) in [5.74, 6) is 0.718. The zero-order valence-electron chi connectivity index (χ0n) is 9.95. The molecule has 0 aromatic carbocycles. The van der Waals surface area contributed by atoms with Gasteiger partial charge in [-0.25, -0.2) is 0 Å². The van der Waals surface area contributed by atoms with E-state index >= 15 is 0 Å². The minimum Gasteiger partial charge on any atom is -0.383 e. The lowest BCUT2D eigenvalue weighted by Gasteiger charge is -2.10. The molecule has 2 rings (SSSR count). The van der Waals surface area contributed by atoms with E-state index in [1.54, 1.807) is 24.3 Å². The van der Waals surface area contributed by atoms with Gasteiger partial charge in [0.15, 0.2) is 5.82 Å². The number of hydrogen-bond acceptors (Lipinski definition) is 5. The summed E-state index contributed by atoms with van der Waals surface area (Å²) in [6.07, 6.45) is 5.27. The highest BCUT2D eigenvalue weighted by molar-refractivity contribution is 5.18. The van der Waals surface area contributed by atoms with Crippen molar-refractivity contribution in [3.05, 3.63) is 30.1 Å². The van der Waals surface area contributed by atoms with E-state index in [2.05, 4.69) is 15.3 Å². The topological polar surface area (TPSA) is 83.8 Å². The largest absolute Gasteiger partial charge is 0.383 e. The van der Waals surface area contributed by atoms with E-state index in [0.717, 1.165) is 11.4 Å². The van der Waals surface area contributed by atoms with Crippen molar-refractivity contribution in [2.24, 2.45) is 12.8 Å². The molecule has 2 aromatic rings. The fourth-order valence-electron chi connectivity index (χ4n) is 1.62. The van der Waals surface area contributed by atoms with Gasteiger partial charge in [0.2, 0.25) is 0 Å². The van der Waals surface area contributed by atoms with E-state index in [-0.39, 0.29) is 6.04 Å². The van der Waals surface area contributed by atoms with Crippen LogP contribution in [0.25, 0.3) is 0 Å². The zero-order chi connectivity index (χ0) is 12.3. The Morgan fingerprint density at radius 3 is 3.00 bits per heavy atom. The maximum atomic E-state index is 6.13. The fraction of sp³-hybridized carbons (Fsp3) is 0.500. The van der Waals surface area contributed by atoms with E-state index < -0.39 is 0 Å². The Kier molecular flexibility index (Phi) is 3.50. The molecule has 0 radical (unpaired) electrons. The first kappa shape index (κ1) is 11.7. The first-order chi connectivity index (χ1) is 8.22. The third kappa shape index (κ3) is 2.51. The number of hydrogen-bond donors (Lipinski definition) is 1. The van der Waals surface area contributed by atoms with Gasteiger partial charge in [0.1, 0.15) is 6.33 Å². The number of aromatic nitrogens is 5. The van der Waals surface area contributed by atoms with Crippen LogP contribution in [0.3, 0.4) is 0 Å². The van der Waals surface area contributed by atoms with E-state index in [4.69, 9.17) is 10.5 Å². The molecule has 7 heteroatoms. The Morgan fingerprint density at radius 2 is 2.35 bits per heavy atom. The molecule has 0 aliphatic rings. The number of nitrogens with two attached hydrogens (primary N) is 1. The summed E-state index contributed by atoms with van der Waals surface area (Å²) >= 11 is 0. The number of ether oxygens (including phenoxy) is 1. The standard InChI is InChI=1S/C10H16N6O/c1-15-6-8(5-13-15)9(11)10-14-12-7-16(10)3-4-17-2/h5-7,9H,3-4,11H2,1-2H3. The second-order valence-electron chi connectivity index (χ2n) is 3.80. The molecule has 0 bridgehead atoms. The lowest BCUT2D eigenvalue weighted by Crippen LogP contribution is -2.18. The maximum Gasteiger partial charge on any atom is 0.154 e. The van der Waals surface area contributed by atoms with Crippen molar-refractivity contribution in [3.63, 3.8) is 0 Å². The normalized spacial score (nSPS) is 12.9. The minimum atomic E-state index is -0.317. The quantitative estimate of drug-likeness (QED) is 0.771. The van der Waals surface area contributed by atoms with Gasteiger partial charge in [-0.1, -0.05) is 0 Å². The van der Waals surface area contributed by atoms with Crippen LogP contribution in [0.1, 0.15) is 17.4 Å². The lowest BCUT2D eigenvalue weighted by molar-refractivity contribution is 0.186. The molecule has 0 amide bonds. The molecule has 0 saturated heterocycles. The highest BCUT2D eigenvalue weighted by Crippen LogP contribution is 2.16. The molecule has 2 aromatic heterocycles. The second-order valence-corrected chi connectivity index (χ2v) is 3.80. The molecule has 7 nitrogen and oxygen atoms in total. The summed E-state index contributed by atoms with van der Waals surface area (Å²) in [5, 5.41) is 12.0. The van der Waals surface area contributed by atoms with Gasteiger partial charge < -0.3 is 15.0 Å². The molecule has 0 fully saturated rings. The van der Waals surface area contributed by atoms with Crippen molar-refractivity contribution in [1.29, 1.82) is 0 Å². The van der Waals surface area contributed by atoms with Crippen LogP contribution in [0.4, 0.5) is 0 Å². The van der Waals surface area contributed by atoms with Gasteiger partial charge >= 0.3 is 0 Å². The van der Waals surface area contributed by atoms with Gasteiger partial charge in [-0.3, -0.25) is 4.68 Å². The van der Waals surface area contributed by atoms with Crippen molar-refractivity contribution in [3.8, 4) is 0 Å². The lowest BCUT2D eigenvalue weighted by atomic mass is 10.1. The van der Waals surface area contributed by atoms with Gasteiger partial charge in [0.25, 0.3) is 0 Å². The molecule has 92 valence electrons. The second kappa shape index (κ2) is 5.07. The molecule has 0 aliphatic heterocycles. The van der Waals surface area contributed by atoms with Crippen molar-refractivity contribution < 1.29 is 4.74 Å². The fourth-order valence-corrected chi connectivity index (χ4v) is 1.62. The van der Waals surface area contributed by atoms with Crippen LogP contribution in [0.2, 0.25) is 0 Å². The van der Waals surface area contributed by atoms with Gasteiger partial charge in [-0.05, 0) is 0 Å². The van der Waals surface area contributed by atoms with Crippen molar-refractivity contribution in [1.82, 2.24) is 24.5 Å². The Hall–Kier alpha value is -1.73. The average molecular weight is 236 g/mol. The first-order valence-electron chi connectivity index (χ1n) is 5.33. The van der Waals surface area contributed by atoms with Gasteiger partial charge in [-0.15, -0.1) is 10.2 Å². The van der Waals surface area contributed by atoms with E-state index in [1.165, 1.54) is 0 Å². The molecule has 0 saturated carbocycles. The Balaban J connectivity index is 2.18. The van der Waals surface area contributed by atoms with Gasteiger partial charge in [-0.2, -0.15) is 5.10 Å². The maximum absolute atomic E-state index is 6.13. The van der Waals surface area contributed by atoms with Gasteiger partial charge in [0, 0.05) is 32.5 Å². The number of aryl methyl sites for hydroxylation is 1.